The van der Waals surface area contributed by atoms with Gasteiger partial charge in [0.1, 0.15) is 0 Å². The number of hydrogen-bond donors (Lipinski definition) is 2. The number of carbonyl (C=O) groups is 1. The summed E-state index contributed by atoms with van der Waals surface area (Å²) >= 11 is 0. The van der Waals surface area contributed by atoms with Gasteiger partial charge in [-0.1, -0.05) is 19.3 Å². The summed E-state index contributed by atoms with van der Waals surface area (Å²) in [5.41, 5.74) is 5.69. The monoisotopic (exact) mass is 281 g/mol. The largest absolute Gasteiger partial charge is 0.353 e. The average molecular weight is 281 g/mol. The highest BCUT2D eigenvalue weighted by atomic mass is 16.1. The molecule has 0 spiro atoms. The number of nitrogens with one attached hydrogen (secondary N) is 1. The van der Waals surface area contributed by atoms with Gasteiger partial charge in [0.2, 0.25) is 5.91 Å². The molecule has 20 heavy (non-hydrogen) atoms. The van der Waals surface area contributed by atoms with Gasteiger partial charge >= 0.3 is 0 Å². The van der Waals surface area contributed by atoms with E-state index in [0.717, 1.165) is 38.4 Å². The fraction of sp³-hybridized carbons (Fsp3) is 0.938. The van der Waals surface area contributed by atoms with Crippen molar-refractivity contribution < 1.29 is 4.79 Å². The van der Waals surface area contributed by atoms with Crippen LogP contribution in [0.2, 0.25) is 0 Å². The summed E-state index contributed by atoms with van der Waals surface area (Å²) in [7, 11) is 0. The molecule has 1 atom stereocenters. The quantitative estimate of drug-likeness (QED) is 0.810. The fourth-order valence-corrected chi connectivity index (χ4v) is 3.51. The maximum absolute atomic E-state index is 11.8. The molecule has 1 aliphatic carbocycles. The van der Waals surface area contributed by atoms with Crippen molar-refractivity contribution in [3.05, 3.63) is 0 Å². The number of hydrogen-bond acceptors (Lipinski definition) is 3. The maximum atomic E-state index is 11.8. The van der Waals surface area contributed by atoms with Crippen LogP contribution in [0.1, 0.15) is 64.7 Å². The molecule has 1 saturated heterocycles. The van der Waals surface area contributed by atoms with E-state index in [2.05, 4.69) is 10.2 Å². The molecule has 0 aromatic heterocycles. The topological polar surface area (TPSA) is 58.4 Å². The van der Waals surface area contributed by atoms with Crippen molar-refractivity contribution in [2.75, 3.05) is 13.1 Å². The molecule has 2 rings (SSSR count). The summed E-state index contributed by atoms with van der Waals surface area (Å²) in [6.45, 7) is 4.27. The van der Waals surface area contributed by atoms with E-state index in [1.807, 2.05) is 6.92 Å². The van der Waals surface area contributed by atoms with E-state index < -0.39 is 0 Å². The Hall–Kier alpha value is -0.610. The first-order valence-corrected chi connectivity index (χ1v) is 8.44. The molecule has 1 amide bonds. The molecule has 1 saturated carbocycles. The molecule has 4 heteroatoms. The van der Waals surface area contributed by atoms with Crippen LogP contribution in [-0.2, 0) is 4.79 Å². The van der Waals surface area contributed by atoms with Crippen LogP contribution < -0.4 is 11.1 Å². The molecule has 0 aromatic carbocycles. The Morgan fingerprint density at radius 2 is 1.85 bits per heavy atom. The lowest BCUT2D eigenvalue weighted by Gasteiger charge is -2.39. The fourth-order valence-electron chi connectivity index (χ4n) is 3.51. The van der Waals surface area contributed by atoms with Crippen LogP contribution >= 0.6 is 0 Å². The Bertz CT molecular complexity index is 292. The third kappa shape index (κ3) is 5.06. The highest BCUT2D eigenvalue weighted by molar-refractivity contribution is 5.76. The molecular formula is C16H31N3O. The summed E-state index contributed by atoms with van der Waals surface area (Å²) in [6, 6.07) is 1.32. The van der Waals surface area contributed by atoms with Crippen molar-refractivity contribution in [2.45, 2.75) is 82.8 Å². The van der Waals surface area contributed by atoms with Crippen molar-refractivity contribution in [1.29, 1.82) is 0 Å². The van der Waals surface area contributed by atoms with Gasteiger partial charge in [-0.05, 0) is 39.0 Å². The van der Waals surface area contributed by atoms with Gasteiger partial charge in [0.05, 0.1) is 0 Å². The minimum absolute atomic E-state index is 0.119. The first-order chi connectivity index (χ1) is 9.65. The summed E-state index contributed by atoms with van der Waals surface area (Å²) < 4.78 is 0. The maximum Gasteiger partial charge on any atom is 0.220 e. The standard InChI is InChI=1S/C16H31N3O/c1-13(17)7-8-16(20)18-14-9-11-19(12-10-14)15-5-3-2-4-6-15/h13-15H,2-12,17H2,1H3,(H,18,20). The van der Waals surface area contributed by atoms with Crippen molar-refractivity contribution in [1.82, 2.24) is 10.2 Å². The molecule has 2 aliphatic rings. The van der Waals surface area contributed by atoms with Crippen LogP contribution in [0.25, 0.3) is 0 Å². The molecule has 0 radical (unpaired) electrons. The SMILES string of the molecule is CC(N)CCC(=O)NC1CCN(C2CCCCC2)CC1. The number of nitrogens with two attached hydrogens (primary N) is 1. The highest BCUT2D eigenvalue weighted by Crippen LogP contribution is 2.25. The number of likely N-dealkylation sites (tertiary alicyclic amines) is 1. The number of amides is 1. The van der Waals surface area contributed by atoms with Crippen LogP contribution in [0.4, 0.5) is 0 Å². The second-order valence-corrected chi connectivity index (χ2v) is 6.69. The summed E-state index contributed by atoms with van der Waals surface area (Å²) in [6.07, 6.45) is 10.6. The Morgan fingerprint density at radius 3 is 2.45 bits per heavy atom. The van der Waals surface area contributed by atoms with Crippen molar-refractivity contribution in [3.63, 3.8) is 0 Å². The Labute approximate surface area is 123 Å². The Morgan fingerprint density at radius 1 is 1.20 bits per heavy atom. The zero-order valence-corrected chi connectivity index (χ0v) is 12.9. The third-order valence-electron chi connectivity index (χ3n) is 4.81. The smallest absolute Gasteiger partial charge is 0.220 e. The lowest BCUT2D eigenvalue weighted by Crippen LogP contribution is -2.48. The molecule has 1 aliphatic heterocycles. The van der Waals surface area contributed by atoms with E-state index in [9.17, 15) is 4.79 Å². The van der Waals surface area contributed by atoms with E-state index >= 15 is 0 Å². The second-order valence-electron chi connectivity index (χ2n) is 6.69. The van der Waals surface area contributed by atoms with Gasteiger partial charge in [-0.2, -0.15) is 0 Å². The number of piperidine rings is 1. The third-order valence-corrected chi connectivity index (χ3v) is 4.81. The summed E-state index contributed by atoms with van der Waals surface area (Å²) in [5.74, 6) is 0.179. The van der Waals surface area contributed by atoms with Gasteiger partial charge in [0.15, 0.2) is 0 Å². The first kappa shape index (κ1) is 15.8. The molecule has 3 N–H and O–H groups in total. The predicted molar refractivity (Wildman–Crippen MR) is 82.5 cm³/mol. The average Bonchev–Trinajstić information content (AvgIpc) is 2.47. The van der Waals surface area contributed by atoms with E-state index in [4.69, 9.17) is 5.73 Å². The zero-order chi connectivity index (χ0) is 14.4. The Kier molecular flexibility index (Phi) is 6.30. The summed E-state index contributed by atoms with van der Waals surface area (Å²) in [4.78, 5) is 14.5. The molecule has 4 nitrogen and oxygen atoms in total. The first-order valence-electron chi connectivity index (χ1n) is 8.44. The van der Waals surface area contributed by atoms with E-state index in [1.54, 1.807) is 0 Å². The van der Waals surface area contributed by atoms with Crippen molar-refractivity contribution >= 4 is 5.91 Å². The Balaban J connectivity index is 1.64. The van der Waals surface area contributed by atoms with Crippen LogP contribution in [0.5, 0.6) is 0 Å². The molecule has 1 unspecified atom stereocenters. The van der Waals surface area contributed by atoms with Gasteiger partial charge < -0.3 is 16.0 Å². The molecule has 0 aromatic rings. The second kappa shape index (κ2) is 7.99. The normalized spacial score (nSPS) is 24.5. The van der Waals surface area contributed by atoms with Gasteiger partial charge in [0, 0.05) is 37.6 Å². The minimum Gasteiger partial charge on any atom is -0.353 e. The van der Waals surface area contributed by atoms with Crippen LogP contribution in [0.3, 0.4) is 0 Å². The lowest BCUT2D eigenvalue weighted by atomic mass is 9.92. The van der Waals surface area contributed by atoms with Gasteiger partial charge in [-0.15, -0.1) is 0 Å². The van der Waals surface area contributed by atoms with Crippen molar-refractivity contribution in [3.8, 4) is 0 Å². The van der Waals surface area contributed by atoms with Crippen LogP contribution in [0.15, 0.2) is 0 Å². The van der Waals surface area contributed by atoms with Gasteiger partial charge in [-0.25, -0.2) is 0 Å². The van der Waals surface area contributed by atoms with E-state index in [1.165, 1.54) is 32.1 Å². The van der Waals surface area contributed by atoms with Gasteiger partial charge in [-0.3, -0.25) is 4.79 Å². The molecule has 116 valence electrons. The number of nitrogens with zero attached hydrogens (tertiary/aromatic N) is 1. The number of carbonyl (C=O) groups excluding carboxylic acids is 1. The lowest BCUT2D eigenvalue weighted by molar-refractivity contribution is -0.122. The van der Waals surface area contributed by atoms with Crippen LogP contribution in [-0.4, -0.2) is 42.0 Å². The molecule has 0 bridgehead atoms. The van der Waals surface area contributed by atoms with Crippen molar-refractivity contribution in [2.24, 2.45) is 5.73 Å². The highest BCUT2D eigenvalue weighted by Gasteiger charge is 2.26. The van der Waals surface area contributed by atoms with E-state index in [0.29, 0.717) is 12.5 Å². The summed E-state index contributed by atoms with van der Waals surface area (Å²) in [5, 5.41) is 3.18. The number of rotatable bonds is 5. The minimum atomic E-state index is 0.119. The molecule has 1 heterocycles. The van der Waals surface area contributed by atoms with Gasteiger partial charge in [0.25, 0.3) is 0 Å². The molecule has 2 fully saturated rings. The van der Waals surface area contributed by atoms with Crippen LogP contribution in [0, 0.1) is 0 Å². The zero-order valence-electron chi connectivity index (χ0n) is 12.9. The molecular weight excluding hydrogens is 250 g/mol. The predicted octanol–water partition coefficient (Wildman–Crippen LogP) is 2.03. The van der Waals surface area contributed by atoms with E-state index in [-0.39, 0.29) is 11.9 Å².